The quantitative estimate of drug-likeness (QED) is 0.411. The molecule has 1 aromatic carbocycles. The number of likely N-dealkylation sites (N-methyl/N-ethyl adjacent to an activating group) is 1. The number of aliphatic hydroxyl groups excluding tert-OH is 2. The van der Waals surface area contributed by atoms with Crippen LogP contribution in [0.1, 0.15) is 17.5 Å². The molecule has 6 N–H and O–H groups in total. The van der Waals surface area contributed by atoms with Crippen molar-refractivity contribution in [2.75, 3.05) is 14.1 Å². The molecule has 3 aliphatic rings. The number of aromatic hydroxyl groups is 1. The summed E-state index contributed by atoms with van der Waals surface area (Å²) < 4.78 is 13.8. The van der Waals surface area contributed by atoms with E-state index in [1.165, 1.54) is 19.0 Å². The van der Waals surface area contributed by atoms with Crippen LogP contribution in [0.5, 0.6) is 5.75 Å². The number of hydrogen-bond donors (Lipinski definition) is 5. The van der Waals surface area contributed by atoms with Crippen LogP contribution in [0.25, 0.3) is 5.76 Å². The summed E-state index contributed by atoms with van der Waals surface area (Å²) in [5.74, 6) is -8.19. The van der Waals surface area contributed by atoms with Gasteiger partial charge in [-0.25, -0.2) is 4.39 Å². The number of nitrogens with two attached hydrogens (primary N) is 1. The number of carbonyl (C=O) groups is 3. The molecule has 0 bridgehead atoms. The number of nitrogens with zero attached hydrogens (tertiary/aromatic N) is 1. The van der Waals surface area contributed by atoms with Gasteiger partial charge in [-0.1, -0.05) is 0 Å². The first-order valence-electron chi connectivity index (χ1n) is 9.57. The van der Waals surface area contributed by atoms with E-state index in [4.69, 9.17) is 5.73 Å². The van der Waals surface area contributed by atoms with Crippen LogP contribution in [0.4, 0.5) is 4.39 Å². The van der Waals surface area contributed by atoms with E-state index in [2.05, 4.69) is 0 Å². The Kier molecular flexibility index (Phi) is 4.49. The Morgan fingerprint density at radius 2 is 1.87 bits per heavy atom. The summed E-state index contributed by atoms with van der Waals surface area (Å²) in [6, 6.07) is 0.758. The molecule has 4 atom stereocenters. The van der Waals surface area contributed by atoms with Crippen LogP contribution in [0.15, 0.2) is 29.0 Å². The smallest absolute Gasteiger partial charge is 0.255 e. The van der Waals surface area contributed by atoms with E-state index < -0.39 is 69.6 Å². The van der Waals surface area contributed by atoms with Gasteiger partial charge in [0.05, 0.1) is 11.6 Å². The van der Waals surface area contributed by atoms with Crippen molar-refractivity contribution >= 4 is 23.2 Å². The van der Waals surface area contributed by atoms with Crippen molar-refractivity contribution in [2.24, 2.45) is 17.6 Å². The third kappa shape index (κ3) is 2.64. The van der Waals surface area contributed by atoms with Crippen molar-refractivity contribution in [1.29, 1.82) is 0 Å². The number of ketones is 2. The van der Waals surface area contributed by atoms with E-state index in [1.54, 1.807) is 0 Å². The summed E-state index contributed by atoms with van der Waals surface area (Å²) in [5.41, 5.74) is 1.55. The molecule has 3 aliphatic carbocycles. The average Bonchev–Trinajstić information content (AvgIpc) is 2.63. The Bertz CT molecular complexity index is 1120. The molecule has 0 saturated heterocycles. The van der Waals surface area contributed by atoms with Crippen LogP contribution < -0.4 is 5.73 Å². The molecule has 4 unspecified atom stereocenters. The maximum absolute atomic E-state index is 13.8. The van der Waals surface area contributed by atoms with Gasteiger partial charge in [-0.2, -0.15) is 0 Å². The summed E-state index contributed by atoms with van der Waals surface area (Å²) in [4.78, 5) is 39.7. The average molecular weight is 432 g/mol. The zero-order valence-corrected chi connectivity index (χ0v) is 16.7. The second-order valence-electron chi connectivity index (χ2n) is 8.42. The molecule has 164 valence electrons. The van der Waals surface area contributed by atoms with Crippen LogP contribution in [0.2, 0.25) is 0 Å². The van der Waals surface area contributed by atoms with E-state index in [9.17, 15) is 39.2 Å². The lowest BCUT2D eigenvalue weighted by atomic mass is 9.57. The molecule has 31 heavy (non-hydrogen) atoms. The number of phenolic OH excluding ortho intramolecular Hbond substituents is 1. The standard InChI is InChI=1S/C21H21FN2O7/c1-24(2)15-10-5-8-3-7-4-9(22)6-11(25)12(7)16(26)13(8)18(28)21(10,31)19(29)14(17(15)27)20(23)30/h4,6,8,10,15,25-26,29,31H,3,5H2,1-2H3,(H2,23,30). The number of primary amides is 1. The Morgan fingerprint density at radius 1 is 1.23 bits per heavy atom. The number of aliphatic hydroxyl groups is 3. The minimum atomic E-state index is -2.68. The van der Waals surface area contributed by atoms with Gasteiger partial charge >= 0.3 is 0 Å². The van der Waals surface area contributed by atoms with Crippen LogP contribution >= 0.6 is 0 Å². The number of Topliss-reactive ketones (excluding diaryl/α,β-unsaturated/α-hetero) is 2. The highest BCUT2D eigenvalue weighted by Crippen LogP contribution is 2.52. The second-order valence-corrected chi connectivity index (χ2v) is 8.42. The lowest BCUT2D eigenvalue weighted by molar-refractivity contribution is -0.153. The summed E-state index contributed by atoms with van der Waals surface area (Å²) in [6.07, 6.45) is 0.0168. The van der Waals surface area contributed by atoms with Crippen molar-refractivity contribution in [3.63, 3.8) is 0 Å². The summed E-state index contributed by atoms with van der Waals surface area (Å²) >= 11 is 0. The number of fused-ring (bicyclic) bond motifs is 3. The molecule has 10 heteroatoms. The van der Waals surface area contributed by atoms with Gasteiger partial charge in [0, 0.05) is 17.6 Å². The molecule has 1 aromatic rings. The zero-order chi connectivity index (χ0) is 23.0. The van der Waals surface area contributed by atoms with E-state index in [0.717, 1.165) is 12.1 Å². The highest BCUT2D eigenvalue weighted by molar-refractivity contribution is 6.24. The highest BCUT2D eigenvalue weighted by Gasteiger charge is 2.64. The van der Waals surface area contributed by atoms with E-state index in [0.29, 0.717) is 0 Å². The predicted octanol–water partition coefficient (Wildman–Crippen LogP) is 0.103. The lowest BCUT2D eigenvalue weighted by Gasteiger charge is -2.50. The van der Waals surface area contributed by atoms with Gasteiger partial charge in [-0.3, -0.25) is 19.3 Å². The lowest BCUT2D eigenvalue weighted by Crippen LogP contribution is -2.65. The monoisotopic (exact) mass is 432 g/mol. The second kappa shape index (κ2) is 6.63. The fourth-order valence-electron chi connectivity index (χ4n) is 5.23. The number of rotatable bonds is 2. The summed E-state index contributed by atoms with van der Waals surface area (Å²) in [5, 5.41) is 43.0. The Labute approximate surface area is 175 Å². The molecule has 0 radical (unpaired) electrons. The molecule has 0 aliphatic heterocycles. The van der Waals surface area contributed by atoms with Gasteiger partial charge in [0.15, 0.2) is 11.4 Å². The van der Waals surface area contributed by atoms with Gasteiger partial charge in [-0.05, 0) is 44.5 Å². The van der Waals surface area contributed by atoms with Gasteiger partial charge in [0.25, 0.3) is 5.91 Å². The molecule has 0 aromatic heterocycles. The van der Waals surface area contributed by atoms with Crippen LogP contribution in [-0.4, -0.2) is 68.5 Å². The molecule has 0 heterocycles. The maximum Gasteiger partial charge on any atom is 0.255 e. The Hall–Kier alpha value is -3.24. The molecule has 0 spiro atoms. The van der Waals surface area contributed by atoms with Crippen LogP contribution in [-0.2, 0) is 20.8 Å². The molecule has 1 fully saturated rings. The van der Waals surface area contributed by atoms with Crippen molar-refractivity contribution in [3.8, 4) is 5.75 Å². The fraction of sp³-hybridized carbons (Fsp3) is 0.381. The maximum atomic E-state index is 13.8. The van der Waals surface area contributed by atoms with Gasteiger partial charge < -0.3 is 26.2 Å². The third-order valence-corrected chi connectivity index (χ3v) is 6.49. The molecule has 4 rings (SSSR count). The summed E-state index contributed by atoms with van der Waals surface area (Å²) in [6.45, 7) is 0. The number of amides is 1. The summed E-state index contributed by atoms with van der Waals surface area (Å²) in [7, 11) is 3.03. The van der Waals surface area contributed by atoms with Gasteiger partial charge in [-0.15, -0.1) is 0 Å². The van der Waals surface area contributed by atoms with Gasteiger partial charge in [0.1, 0.15) is 28.7 Å². The first-order chi connectivity index (χ1) is 14.4. The number of carbonyl (C=O) groups excluding carboxylic acids is 3. The molecule has 9 nitrogen and oxygen atoms in total. The van der Waals surface area contributed by atoms with Crippen LogP contribution in [0.3, 0.4) is 0 Å². The Balaban J connectivity index is 1.98. The first-order valence-corrected chi connectivity index (χ1v) is 9.57. The first kappa shape index (κ1) is 21.0. The van der Waals surface area contributed by atoms with Crippen molar-refractivity contribution < 1.29 is 39.2 Å². The molecule has 1 saturated carbocycles. The number of hydrogen-bond acceptors (Lipinski definition) is 8. The fourth-order valence-corrected chi connectivity index (χ4v) is 5.23. The van der Waals surface area contributed by atoms with E-state index in [1.807, 2.05) is 0 Å². The molecular weight excluding hydrogens is 411 g/mol. The van der Waals surface area contributed by atoms with Crippen molar-refractivity contribution in [3.05, 3.63) is 46.0 Å². The SMILES string of the molecule is CN(C)C1C(=O)C(C(N)=O)=C(O)C2(O)C(=O)C3=C(O)c4c(O)cc(F)cc4CC3CC12. The highest BCUT2D eigenvalue weighted by atomic mass is 19.1. The number of phenols is 1. The minimum Gasteiger partial charge on any atom is -0.508 e. The van der Waals surface area contributed by atoms with Gasteiger partial charge in [0.2, 0.25) is 5.78 Å². The number of benzene rings is 1. The Morgan fingerprint density at radius 3 is 2.45 bits per heavy atom. The topological polar surface area (TPSA) is 161 Å². The van der Waals surface area contributed by atoms with Crippen molar-refractivity contribution in [1.82, 2.24) is 4.90 Å². The van der Waals surface area contributed by atoms with Crippen LogP contribution in [0, 0.1) is 17.7 Å². The largest absolute Gasteiger partial charge is 0.508 e. The predicted molar refractivity (Wildman–Crippen MR) is 104 cm³/mol. The van der Waals surface area contributed by atoms with E-state index >= 15 is 0 Å². The molecular formula is C21H21FN2O7. The number of halogens is 1. The molecule has 1 amide bonds. The van der Waals surface area contributed by atoms with E-state index in [-0.39, 0.29) is 29.5 Å². The minimum absolute atomic E-state index is 0.0387. The third-order valence-electron chi connectivity index (χ3n) is 6.49. The van der Waals surface area contributed by atoms with Crippen molar-refractivity contribution in [2.45, 2.75) is 24.5 Å². The zero-order valence-electron chi connectivity index (χ0n) is 16.7. The normalized spacial score (nSPS) is 30.3.